The molecule has 0 aliphatic rings. The van der Waals surface area contributed by atoms with Gasteiger partial charge in [0.15, 0.2) is 0 Å². The van der Waals surface area contributed by atoms with Crippen LogP contribution in [0, 0.1) is 0 Å². The number of thiophene rings is 1. The maximum absolute atomic E-state index is 10.2. The summed E-state index contributed by atoms with van der Waals surface area (Å²) in [7, 11) is 0. The van der Waals surface area contributed by atoms with Crippen LogP contribution in [0.15, 0.2) is 36.4 Å². The van der Waals surface area contributed by atoms with E-state index in [-0.39, 0.29) is 0 Å². The highest BCUT2D eigenvalue weighted by molar-refractivity contribution is 7.12. The Balaban J connectivity index is 2.31. The van der Waals surface area contributed by atoms with Gasteiger partial charge in [0.05, 0.1) is 0 Å². The normalized spacial score (nSPS) is 12.7. The van der Waals surface area contributed by atoms with Gasteiger partial charge in [-0.15, -0.1) is 11.3 Å². The van der Waals surface area contributed by atoms with E-state index in [0.29, 0.717) is 5.02 Å². The van der Waals surface area contributed by atoms with E-state index < -0.39 is 6.10 Å². The fraction of sp³-hybridized carbons (Fsp3) is 0.231. The van der Waals surface area contributed by atoms with E-state index in [0.717, 1.165) is 16.9 Å². The maximum atomic E-state index is 10.2. The summed E-state index contributed by atoms with van der Waals surface area (Å²) in [6, 6.07) is 11.4. The first kappa shape index (κ1) is 11.6. The van der Waals surface area contributed by atoms with Crippen LogP contribution in [-0.4, -0.2) is 5.11 Å². The molecule has 16 heavy (non-hydrogen) atoms. The third-order valence-electron chi connectivity index (χ3n) is 2.50. The monoisotopic (exact) mass is 252 g/mol. The SMILES string of the molecule is CCc1ccc(C(O)c2ccccc2Cl)s1. The highest BCUT2D eigenvalue weighted by Crippen LogP contribution is 2.32. The zero-order valence-electron chi connectivity index (χ0n) is 8.98. The van der Waals surface area contributed by atoms with Gasteiger partial charge < -0.3 is 5.11 Å². The molecule has 0 amide bonds. The molecule has 0 saturated carbocycles. The number of aryl methyl sites for hydroxylation is 1. The van der Waals surface area contributed by atoms with E-state index in [2.05, 4.69) is 13.0 Å². The molecule has 0 aliphatic carbocycles. The summed E-state index contributed by atoms with van der Waals surface area (Å²) in [5.41, 5.74) is 0.772. The van der Waals surface area contributed by atoms with Gasteiger partial charge >= 0.3 is 0 Å². The number of hydrogen-bond donors (Lipinski definition) is 1. The largest absolute Gasteiger partial charge is 0.383 e. The number of aliphatic hydroxyl groups excluding tert-OH is 1. The quantitative estimate of drug-likeness (QED) is 0.874. The van der Waals surface area contributed by atoms with E-state index in [1.165, 1.54) is 4.88 Å². The molecule has 0 bridgehead atoms. The summed E-state index contributed by atoms with van der Waals surface area (Å²) in [6.07, 6.45) is 0.388. The van der Waals surface area contributed by atoms with Gasteiger partial charge in [-0.05, 0) is 24.6 Å². The molecule has 2 aromatic rings. The van der Waals surface area contributed by atoms with Gasteiger partial charge in [0, 0.05) is 20.3 Å². The summed E-state index contributed by atoms with van der Waals surface area (Å²) in [6.45, 7) is 2.11. The fourth-order valence-electron chi connectivity index (χ4n) is 1.58. The van der Waals surface area contributed by atoms with Gasteiger partial charge in [-0.3, -0.25) is 0 Å². The van der Waals surface area contributed by atoms with Crippen LogP contribution < -0.4 is 0 Å². The Labute approximate surface area is 104 Å². The van der Waals surface area contributed by atoms with Crippen molar-refractivity contribution in [3.63, 3.8) is 0 Å². The van der Waals surface area contributed by atoms with Gasteiger partial charge in [0.25, 0.3) is 0 Å². The molecule has 0 aliphatic heterocycles. The molecule has 1 heterocycles. The molecule has 0 fully saturated rings. The summed E-state index contributed by atoms with van der Waals surface area (Å²) >= 11 is 7.69. The van der Waals surface area contributed by atoms with E-state index in [4.69, 9.17) is 11.6 Å². The predicted molar refractivity (Wildman–Crippen MR) is 69.2 cm³/mol. The van der Waals surface area contributed by atoms with Crippen molar-refractivity contribution in [2.24, 2.45) is 0 Å². The Kier molecular flexibility index (Phi) is 3.64. The lowest BCUT2D eigenvalue weighted by atomic mass is 10.1. The van der Waals surface area contributed by atoms with E-state index in [1.54, 1.807) is 17.4 Å². The van der Waals surface area contributed by atoms with Crippen LogP contribution in [0.5, 0.6) is 0 Å². The molecule has 1 aromatic heterocycles. The first-order valence-electron chi connectivity index (χ1n) is 5.23. The molecule has 3 heteroatoms. The van der Waals surface area contributed by atoms with Gasteiger partial charge in [0.1, 0.15) is 6.10 Å². The van der Waals surface area contributed by atoms with Crippen LogP contribution in [0.1, 0.15) is 28.3 Å². The molecule has 1 aromatic carbocycles. The lowest BCUT2D eigenvalue weighted by Crippen LogP contribution is -1.97. The first-order chi connectivity index (χ1) is 7.72. The van der Waals surface area contributed by atoms with E-state index >= 15 is 0 Å². The highest BCUT2D eigenvalue weighted by Gasteiger charge is 2.15. The molecule has 1 unspecified atom stereocenters. The molecular weight excluding hydrogens is 240 g/mol. The molecule has 2 rings (SSSR count). The summed E-state index contributed by atoms with van der Waals surface area (Å²) in [5, 5.41) is 10.8. The van der Waals surface area contributed by atoms with E-state index in [1.807, 2.05) is 24.3 Å². The van der Waals surface area contributed by atoms with Crippen LogP contribution in [-0.2, 0) is 6.42 Å². The molecule has 1 atom stereocenters. The third-order valence-corrected chi connectivity index (χ3v) is 4.13. The molecule has 1 N–H and O–H groups in total. The number of rotatable bonds is 3. The summed E-state index contributed by atoms with van der Waals surface area (Å²) < 4.78 is 0. The highest BCUT2D eigenvalue weighted by atomic mass is 35.5. The summed E-state index contributed by atoms with van der Waals surface area (Å²) in [4.78, 5) is 2.23. The van der Waals surface area contributed by atoms with Crippen LogP contribution in [0.4, 0.5) is 0 Å². The fourth-order valence-corrected chi connectivity index (χ4v) is 2.78. The minimum Gasteiger partial charge on any atom is -0.383 e. The van der Waals surface area contributed by atoms with Gasteiger partial charge in [-0.25, -0.2) is 0 Å². The topological polar surface area (TPSA) is 20.2 Å². The first-order valence-corrected chi connectivity index (χ1v) is 6.43. The van der Waals surface area contributed by atoms with Crippen molar-refractivity contribution in [2.45, 2.75) is 19.4 Å². The minimum atomic E-state index is -0.612. The molecule has 84 valence electrons. The Morgan fingerprint density at radius 3 is 2.62 bits per heavy atom. The Bertz CT molecular complexity index is 478. The molecule has 0 saturated heterocycles. The van der Waals surface area contributed by atoms with Gasteiger partial charge in [-0.2, -0.15) is 0 Å². The van der Waals surface area contributed by atoms with Crippen molar-refractivity contribution in [2.75, 3.05) is 0 Å². The standard InChI is InChI=1S/C13H13ClOS/c1-2-9-7-8-12(16-9)13(15)10-5-3-4-6-11(10)14/h3-8,13,15H,2H2,1H3. The van der Waals surface area contributed by atoms with Crippen molar-refractivity contribution >= 4 is 22.9 Å². The van der Waals surface area contributed by atoms with Crippen molar-refractivity contribution in [1.82, 2.24) is 0 Å². The third kappa shape index (κ3) is 2.29. The van der Waals surface area contributed by atoms with Crippen molar-refractivity contribution < 1.29 is 5.11 Å². The Hall–Kier alpha value is -0.830. The van der Waals surface area contributed by atoms with Gasteiger partial charge in [0.2, 0.25) is 0 Å². The number of aliphatic hydroxyl groups is 1. The lowest BCUT2D eigenvalue weighted by molar-refractivity contribution is 0.224. The number of halogens is 1. The minimum absolute atomic E-state index is 0.612. The Morgan fingerprint density at radius 1 is 1.25 bits per heavy atom. The number of hydrogen-bond acceptors (Lipinski definition) is 2. The zero-order valence-corrected chi connectivity index (χ0v) is 10.6. The molecule has 0 radical (unpaired) electrons. The second-order valence-corrected chi connectivity index (χ2v) is 5.19. The maximum Gasteiger partial charge on any atom is 0.115 e. The van der Waals surface area contributed by atoms with E-state index in [9.17, 15) is 5.11 Å². The lowest BCUT2D eigenvalue weighted by Gasteiger charge is -2.10. The molecule has 0 spiro atoms. The second kappa shape index (κ2) is 5.00. The Morgan fingerprint density at radius 2 is 2.00 bits per heavy atom. The van der Waals surface area contributed by atoms with Crippen LogP contribution >= 0.6 is 22.9 Å². The molecular formula is C13H13ClOS. The van der Waals surface area contributed by atoms with Crippen LogP contribution in [0.25, 0.3) is 0 Å². The predicted octanol–water partition coefficient (Wildman–Crippen LogP) is 4.05. The zero-order chi connectivity index (χ0) is 11.5. The summed E-state index contributed by atoms with van der Waals surface area (Å²) in [5.74, 6) is 0. The average molecular weight is 253 g/mol. The van der Waals surface area contributed by atoms with Crippen molar-refractivity contribution in [3.8, 4) is 0 Å². The van der Waals surface area contributed by atoms with Crippen molar-refractivity contribution in [3.05, 3.63) is 56.7 Å². The average Bonchev–Trinajstić information content (AvgIpc) is 2.77. The number of benzene rings is 1. The van der Waals surface area contributed by atoms with Crippen LogP contribution in [0.2, 0.25) is 5.02 Å². The smallest absolute Gasteiger partial charge is 0.115 e. The molecule has 1 nitrogen and oxygen atoms in total. The van der Waals surface area contributed by atoms with Crippen molar-refractivity contribution in [1.29, 1.82) is 0 Å². The van der Waals surface area contributed by atoms with Crippen LogP contribution in [0.3, 0.4) is 0 Å². The van der Waals surface area contributed by atoms with Gasteiger partial charge in [-0.1, -0.05) is 36.7 Å². The second-order valence-electron chi connectivity index (χ2n) is 3.58.